The molecule has 6 nitrogen and oxygen atoms in total. The molecule has 2 N–H and O–H groups in total. The Morgan fingerprint density at radius 2 is 2.29 bits per heavy atom. The monoisotopic (exact) mass is 258 g/mol. The van der Waals surface area contributed by atoms with Gasteiger partial charge < -0.3 is 19.8 Å². The van der Waals surface area contributed by atoms with Crippen molar-refractivity contribution in [2.75, 3.05) is 19.8 Å². The Balaban J connectivity index is 2.23. The normalized spacial score (nSPS) is 20.3. The van der Waals surface area contributed by atoms with E-state index >= 15 is 0 Å². The molecule has 1 unspecified atom stereocenters. The van der Waals surface area contributed by atoms with Gasteiger partial charge in [0.15, 0.2) is 0 Å². The van der Waals surface area contributed by atoms with Crippen LogP contribution in [-0.4, -0.2) is 42.5 Å². The van der Waals surface area contributed by atoms with Crippen molar-refractivity contribution >= 4 is 23.4 Å². The van der Waals surface area contributed by atoms with Crippen molar-refractivity contribution < 1.29 is 18.7 Å². The van der Waals surface area contributed by atoms with E-state index in [-0.39, 0.29) is 23.3 Å². The summed E-state index contributed by atoms with van der Waals surface area (Å²) in [6, 6.07) is 0.695. The van der Waals surface area contributed by atoms with Crippen LogP contribution in [-0.2, 0) is 9.53 Å². The van der Waals surface area contributed by atoms with Crippen LogP contribution in [0.3, 0.4) is 0 Å². The first-order chi connectivity index (χ1) is 8.11. The Labute approximate surface area is 102 Å². The molecule has 1 aromatic heterocycles. The molecule has 1 atom stereocenters. The quantitative estimate of drug-likeness (QED) is 0.824. The minimum Gasteiger partial charge on any atom is -0.452 e. The van der Waals surface area contributed by atoms with Crippen LogP contribution < -0.4 is 5.73 Å². The van der Waals surface area contributed by atoms with Gasteiger partial charge in [-0.05, 0) is 17.7 Å². The third-order valence-electron chi connectivity index (χ3n) is 2.57. The summed E-state index contributed by atoms with van der Waals surface area (Å²) < 4.78 is 9.96. The summed E-state index contributed by atoms with van der Waals surface area (Å²) >= 11 is 5.72. The van der Waals surface area contributed by atoms with E-state index in [9.17, 15) is 9.59 Å². The molecule has 1 fully saturated rings. The zero-order valence-corrected chi connectivity index (χ0v) is 9.64. The number of furan rings is 1. The molecule has 7 heteroatoms. The molecule has 92 valence electrons. The molecule has 17 heavy (non-hydrogen) atoms. The molecule has 2 amide bonds. The van der Waals surface area contributed by atoms with Crippen LogP contribution >= 0.6 is 11.6 Å². The molecule has 0 aliphatic carbocycles. The fraction of sp³-hybridized carbons (Fsp3) is 0.400. The largest absolute Gasteiger partial charge is 0.452 e. The number of hydrogen-bond acceptors (Lipinski definition) is 4. The van der Waals surface area contributed by atoms with Crippen molar-refractivity contribution in [1.29, 1.82) is 0 Å². The zero-order chi connectivity index (χ0) is 12.4. The zero-order valence-electron chi connectivity index (χ0n) is 8.89. The van der Waals surface area contributed by atoms with E-state index in [1.165, 1.54) is 17.2 Å². The van der Waals surface area contributed by atoms with Gasteiger partial charge in [-0.2, -0.15) is 0 Å². The number of nitrogens with zero attached hydrogens (tertiary/aromatic N) is 1. The van der Waals surface area contributed by atoms with Crippen LogP contribution in [0, 0.1) is 0 Å². The van der Waals surface area contributed by atoms with Crippen molar-refractivity contribution in [1.82, 2.24) is 4.90 Å². The van der Waals surface area contributed by atoms with Crippen molar-refractivity contribution in [3.8, 4) is 0 Å². The summed E-state index contributed by atoms with van der Waals surface area (Å²) in [5.41, 5.74) is 5.44. The number of halogens is 1. The number of amides is 2. The van der Waals surface area contributed by atoms with Crippen molar-refractivity contribution in [2.45, 2.75) is 6.04 Å². The Morgan fingerprint density at radius 3 is 2.88 bits per heavy atom. The lowest BCUT2D eigenvalue weighted by Gasteiger charge is -2.33. The molecule has 0 bridgehead atoms. The van der Waals surface area contributed by atoms with Crippen LogP contribution in [0.1, 0.15) is 10.4 Å². The third kappa shape index (κ3) is 2.27. The number of carbonyl (C=O) groups excluding carboxylic acids is 2. The van der Waals surface area contributed by atoms with E-state index < -0.39 is 11.9 Å². The Bertz CT molecular complexity index is 445. The maximum atomic E-state index is 12.1. The molecule has 1 aliphatic heterocycles. The van der Waals surface area contributed by atoms with Gasteiger partial charge in [-0.3, -0.25) is 9.59 Å². The number of primary amides is 1. The molecule has 0 radical (unpaired) electrons. The first-order valence-corrected chi connectivity index (χ1v) is 5.40. The van der Waals surface area contributed by atoms with Crippen LogP contribution in [0.4, 0.5) is 0 Å². The highest BCUT2D eigenvalue weighted by atomic mass is 35.5. The smallest absolute Gasteiger partial charge is 0.259 e. The second-order valence-corrected chi connectivity index (χ2v) is 3.94. The Morgan fingerprint density at radius 1 is 1.53 bits per heavy atom. The van der Waals surface area contributed by atoms with Gasteiger partial charge in [0, 0.05) is 6.54 Å². The van der Waals surface area contributed by atoms with Gasteiger partial charge in [0.2, 0.25) is 11.1 Å². The summed E-state index contributed by atoms with van der Waals surface area (Å²) in [5, 5.41) is 0.00436. The highest BCUT2D eigenvalue weighted by Crippen LogP contribution is 2.20. The van der Waals surface area contributed by atoms with Crippen LogP contribution in [0.15, 0.2) is 16.7 Å². The van der Waals surface area contributed by atoms with Crippen molar-refractivity contribution in [3.05, 3.63) is 23.1 Å². The number of morpholine rings is 1. The average Bonchev–Trinajstić information content (AvgIpc) is 2.74. The molecule has 1 aliphatic rings. The lowest BCUT2D eigenvalue weighted by molar-refractivity contribution is -0.127. The number of hydrogen-bond donors (Lipinski definition) is 1. The first-order valence-electron chi connectivity index (χ1n) is 5.02. The fourth-order valence-corrected chi connectivity index (χ4v) is 1.88. The summed E-state index contributed by atoms with van der Waals surface area (Å²) in [6.07, 6.45) is 1.31. The molecule has 2 rings (SSSR count). The van der Waals surface area contributed by atoms with E-state index in [4.69, 9.17) is 26.5 Å². The van der Waals surface area contributed by atoms with Crippen molar-refractivity contribution in [2.24, 2.45) is 5.73 Å². The summed E-state index contributed by atoms with van der Waals surface area (Å²) in [6.45, 7) is 0.773. The number of ether oxygens (including phenoxy) is 1. The number of rotatable bonds is 2. The van der Waals surface area contributed by atoms with E-state index in [0.717, 1.165) is 0 Å². The van der Waals surface area contributed by atoms with E-state index in [1.807, 2.05) is 0 Å². The minimum atomic E-state index is -0.762. The topological polar surface area (TPSA) is 85.8 Å². The Kier molecular flexibility index (Phi) is 3.35. The third-order valence-corrected chi connectivity index (χ3v) is 2.86. The van der Waals surface area contributed by atoms with Gasteiger partial charge in [-0.25, -0.2) is 0 Å². The molecule has 0 saturated carbocycles. The number of nitrogens with two attached hydrogens (primary N) is 1. The van der Waals surface area contributed by atoms with E-state index in [0.29, 0.717) is 13.2 Å². The van der Waals surface area contributed by atoms with Gasteiger partial charge >= 0.3 is 0 Å². The molecule has 0 aromatic carbocycles. The fourth-order valence-electron chi connectivity index (χ4n) is 1.68. The lowest BCUT2D eigenvalue weighted by atomic mass is 10.2. The standard InChI is InChI=1S/C10H11ClN2O4/c11-8-6(1-3-17-8)10(15)13-2-4-16-5-7(13)9(12)14/h1,3,7H,2,4-5H2,(H2,12,14). The van der Waals surface area contributed by atoms with Gasteiger partial charge in [0.25, 0.3) is 5.91 Å². The van der Waals surface area contributed by atoms with E-state index in [2.05, 4.69) is 0 Å². The highest BCUT2D eigenvalue weighted by Gasteiger charge is 2.33. The summed E-state index contributed by atoms with van der Waals surface area (Å²) in [5.74, 6) is -0.978. The molecule has 1 aromatic rings. The van der Waals surface area contributed by atoms with Crippen LogP contribution in [0.5, 0.6) is 0 Å². The maximum absolute atomic E-state index is 12.1. The predicted octanol–water partition coefficient (Wildman–Crippen LogP) is 0.259. The SMILES string of the molecule is NC(=O)C1COCCN1C(=O)c1ccoc1Cl. The molecular weight excluding hydrogens is 248 g/mol. The second-order valence-electron chi connectivity index (χ2n) is 3.60. The van der Waals surface area contributed by atoms with Crippen molar-refractivity contribution in [3.63, 3.8) is 0 Å². The van der Waals surface area contributed by atoms with Gasteiger partial charge in [-0.15, -0.1) is 0 Å². The molecular formula is C10H11ClN2O4. The Hall–Kier alpha value is -1.53. The van der Waals surface area contributed by atoms with E-state index in [1.54, 1.807) is 0 Å². The number of carbonyl (C=O) groups is 2. The first kappa shape index (κ1) is 11.9. The second kappa shape index (κ2) is 4.77. The highest BCUT2D eigenvalue weighted by molar-refractivity contribution is 6.32. The summed E-state index contributed by atoms with van der Waals surface area (Å²) in [7, 11) is 0. The summed E-state index contributed by atoms with van der Waals surface area (Å²) in [4.78, 5) is 24.7. The van der Waals surface area contributed by atoms with Gasteiger partial charge in [0.1, 0.15) is 6.04 Å². The van der Waals surface area contributed by atoms with Gasteiger partial charge in [-0.1, -0.05) is 0 Å². The van der Waals surface area contributed by atoms with Crippen LogP contribution in [0.25, 0.3) is 0 Å². The molecule has 1 saturated heterocycles. The molecule has 2 heterocycles. The average molecular weight is 259 g/mol. The van der Waals surface area contributed by atoms with Gasteiger partial charge in [0.05, 0.1) is 25.0 Å². The van der Waals surface area contributed by atoms with Crippen LogP contribution in [0.2, 0.25) is 5.22 Å². The minimum absolute atomic E-state index is 0.00436. The lowest BCUT2D eigenvalue weighted by Crippen LogP contribution is -2.54. The molecule has 0 spiro atoms. The predicted molar refractivity (Wildman–Crippen MR) is 58.6 cm³/mol. The maximum Gasteiger partial charge on any atom is 0.259 e.